The molecule has 1 aromatic heterocycles. The first-order chi connectivity index (χ1) is 13.8. The van der Waals surface area contributed by atoms with Gasteiger partial charge in [0.2, 0.25) is 0 Å². The third-order valence-corrected chi connectivity index (χ3v) is 5.40. The number of fused-ring (bicyclic) bond motifs is 3. The SMILES string of the molecule is Cc1ccccc1[C@H]1Cc2c(c3ccccc3n2C(=O)OC(C)(C)C)C=C1C=O. The molecule has 0 aliphatic heterocycles. The van der Waals surface area contributed by atoms with E-state index in [4.69, 9.17) is 4.74 Å². The lowest BCUT2D eigenvalue weighted by molar-refractivity contribution is -0.105. The summed E-state index contributed by atoms with van der Waals surface area (Å²) in [6.45, 7) is 7.65. The number of aromatic nitrogens is 1. The molecular weight excluding hydrogens is 362 g/mol. The lowest BCUT2D eigenvalue weighted by Crippen LogP contribution is -2.29. The molecule has 1 aliphatic rings. The highest BCUT2D eigenvalue weighted by Gasteiger charge is 2.31. The summed E-state index contributed by atoms with van der Waals surface area (Å²) in [5, 5.41) is 0.955. The van der Waals surface area contributed by atoms with E-state index in [0.29, 0.717) is 6.42 Å². The summed E-state index contributed by atoms with van der Waals surface area (Å²) in [4.78, 5) is 25.1. The van der Waals surface area contributed by atoms with Crippen molar-refractivity contribution in [2.24, 2.45) is 0 Å². The van der Waals surface area contributed by atoms with Crippen LogP contribution >= 0.6 is 0 Å². The molecule has 0 saturated heterocycles. The van der Waals surface area contributed by atoms with E-state index in [1.165, 1.54) is 0 Å². The van der Waals surface area contributed by atoms with Gasteiger partial charge in [0, 0.05) is 28.1 Å². The van der Waals surface area contributed by atoms with E-state index in [2.05, 4.69) is 19.1 Å². The zero-order chi connectivity index (χ0) is 20.8. The second-order valence-electron chi connectivity index (χ2n) is 8.57. The number of aldehydes is 1. The first-order valence-corrected chi connectivity index (χ1v) is 9.88. The lowest BCUT2D eigenvalue weighted by Gasteiger charge is -2.26. The van der Waals surface area contributed by atoms with Crippen LogP contribution in [0, 0.1) is 6.92 Å². The topological polar surface area (TPSA) is 48.3 Å². The minimum Gasteiger partial charge on any atom is -0.443 e. The normalized spacial score (nSPS) is 16.3. The summed E-state index contributed by atoms with van der Waals surface area (Å²) in [5.74, 6) is -0.0910. The number of benzene rings is 2. The van der Waals surface area contributed by atoms with Crippen LogP contribution in [0.5, 0.6) is 0 Å². The molecule has 0 amide bonds. The fraction of sp³-hybridized carbons (Fsp3) is 0.280. The highest BCUT2D eigenvalue weighted by Crippen LogP contribution is 2.40. The number of para-hydroxylation sites is 1. The van der Waals surface area contributed by atoms with Crippen LogP contribution in [0.15, 0.2) is 54.1 Å². The summed E-state index contributed by atoms with van der Waals surface area (Å²) in [5.41, 5.74) is 5.00. The van der Waals surface area contributed by atoms with Gasteiger partial charge < -0.3 is 4.74 Å². The van der Waals surface area contributed by atoms with Gasteiger partial charge in [0.05, 0.1) is 5.52 Å². The number of allylic oxidation sites excluding steroid dienone is 1. The van der Waals surface area contributed by atoms with Gasteiger partial charge in [0.1, 0.15) is 11.9 Å². The maximum absolute atomic E-state index is 13.1. The molecule has 1 atom stereocenters. The molecule has 0 N–H and O–H groups in total. The van der Waals surface area contributed by atoms with Crippen molar-refractivity contribution in [3.05, 3.63) is 76.5 Å². The number of aryl methyl sites for hydroxylation is 1. The van der Waals surface area contributed by atoms with Crippen molar-refractivity contribution in [3.63, 3.8) is 0 Å². The number of carbonyl (C=O) groups excluding carboxylic acids is 2. The van der Waals surface area contributed by atoms with Crippen molar-refractivity contribution in [2.75, 3.05) is 0 Å². The number of hydrogen-bond acceptors (Lipinski definition) is 3. The highest BCUT2D eigenvalue weighted by molar-refractivity contribution is 6.01. The van der Waals surface area contributed by atoms with Gasteiger partial charge in [-0.15, -0.1) is 0 Å². The molecular formula is C25H25NO3. The molecule has 4 nitrogen and oxygen atoms in total. The van der Waals surface area contributed by atoms with Crippen LogP contribution in [0.2, 0.25) is 0 Å². The van der Waals surface area contributed by atoms with E-state index >= 15 is 0 Å². The summed E-state index contributed by atoms with van der Waals surface area (Å²) in [6.07, 6.45) is 3.06. The second-order valence-corrected chi connectivity index (χ2v) is 8.57. The van der Waals surface area contributed by atoms with Gasteiger partial charge in [0.15, 0.2) is 0 Å². The Morgan fingerprint density at radius 2 is 1.79 bits per heavy atom. The van der Waals surface area contributed by atoms with Crippen LogP contribution in [0.4, 0.5) is 4.79 Å². The maximum Gasteiger partial charge on any atom is 0.419 e. The van der Waals surface area contributed by atoms with E-state index < -0.39 is 5.60 Å². The molecule has 0 saturated carbocycles. The van der Waals surface area contributed by atoms with E-state index in [1.807, 2.05) is 63.2 Å². The fourth-order valence-electron chi connectivity index (χ4n) is 4.16. The van der Waals surface area contributed by atoms with Gasteiger partial charge in [-0.25, -0.2) is 9.36 Å². The predicted octanol–water partition coefficient (Wildman–Crippen LogP) is 5.66. The highest BCUT2D eigenvalue weighted by atomic mass is 16.6. The monoisotopic (exact) mass is 387 g/mol. The minimum atomic E-state index is -0.594. The van der Waals surface area contributed by atoms with Crippen molar-refractivity contribution in [1.82, 2.24) is 4.57 Å². The molecule has 0 bridgehead atoms. The Morgan fingerprint density at radius 3 is 2.48 bits per heavy atom. The Balaban J connectivity index is 1.93. The second kappa shape index (κ2) is 7.03. The summed E-state index contributed by atoms with van der Waals surface area (Å²) >= 11 is 0. The fourth-order valence-corrected chi connectivity index (χ4v) is 4.16. The van der Waals surface area contributed by atoms with E-state index in [9.17, 15) is 9.59 Å². The van der Waals surface area contributed by atoms with Gasteiger partial charge >= 0.3 is 6.09 Å². The molecule has 148 valence electrons. The molecule has 3 aromatic rings. The number of nitrogens with zero attached hydrogens (tertiary/aromatic N) is 1. The Morgan fingerprint density at radius 1 is 1.10 bits per heavy atom. The Hall–Kier alpha value is -3.14. The van der Waals surface area contributed by atoms with Crippen molar-refractivity contribution in [2.45, 2.75) is 45.6 Å². The number of rotatable bonds is 2. The number of carbonyl (C=O) groups is 2. The molecule has 0 unspecified atom stereocenters. The molecule has 0 fully saturated rings. The molecule has 2 aromatic carbocycles. The average Bonchev–Trinajstić information content (AvgIpc) is 2.99. The number of ether oxygens (including phenoxy) is 1. The van der Waals surface area contributed by atoms with Gasteiger partial charge in [-0.1, -0.05) is 42.5 Å². The zero-order valence-electron chi connectivity index (χ0n) is 17.2. The van der Waals surface area contributed by atoms with Gasteiger partial charge in [-0.05, 0) is 57.4 Å². The maximum atomic E-state index is 13.1. The first-order valence-electron chi connectivity index (χ1n) is 9.88. The molecule has 29 heavy (non-hydrogen) atoms. The van der Waals surface area contributed by atoms with Gasteiger partial charge in [-0.2, -0.15) is 0 Å². The minimum absolute atomic E-state index is 0.0910. The van der Waals surface area contributed by atoms with Crippen LogP contribution in [-0.2, 0) is 16.0 Å². The van der Waals surface area contributed by atoms with Gasteiger partial charge in [-0.3, -0.25) is 4.79 Å². The van der Waals surface area contributed by atoms with Crippen molar-refractivity contribution in [1.29, 1.82) is 0 Å². The van der Waals surface area contributed by atoms with Crippen LogP contribution < -0.4 is 0 Å². The Labute approximate surface area is 170 Å². The Bertz CT molecular complexity index is 1140. The molecule has 0 spiro atoms. The van der Waals surface area contributed by atoms with Crippen molar-refractivity contribution in [3.8, 4) is 0 Å². The third-order valence-electron chi connectivity index (χ3n) is 5.40. The molecule has 1 aliphatic carbocycles. The summed E-state index contributed by atoms with van der Waals surface area (Å²) in [6, 6.07) is 15.9. The van der Waals surface area contributed by atoms with E-state index in [1.54, 1.807) is 4.57 Å². The van der Waals surface area contributed by atoms with E-state index in [-0.39, 0.29) is 12.0 Å². The average molecular weight is 387 g/mol. The Kier molecular flexibility index (Phi) is 4.65. The van der Waals surface area contributed by atoms with Crippen molar-refractivity contribution < 1.29 is 14.3 Å². The predicted molar refractivity (Wildman–Crippen MR) is 115 cm³/mol. The van der Waals surface area contributed by atoms with Crippen LogP contribution in [-0.4, -0.2) is 22.5 Å². The zero-order valence-corrected chi connectivity index (χ0v) is 17.2. The van der Waals surface area contributed by atoms with E-state index in [0.717, 1.165) is 45.1 Å². The standard InChI is InChI=1S/C25H25NO3/c1-16-9-5-6-10-18(16)20-14-23-21(13-17(20)15-27)19-11-7-8-12-22(19)26(23)24(28)29-25(2,3)4/h5-13,15,20H,14H2,1-4H3/t20-/m0/s1. The van der Waals surface area contributed by atoms with Crippen molar-refractivity contribution >= 4 is 29.4 Å². The molecule has 4 rings (SSSR count). The molecule has 0 radical (unpaired) electrons. The van der Waals surface area contributed by atoms with Crippen LogP contribution in [0.1, 0.15) is 49.1 Å². The smallest absolute Gasteiger partial charge is 0.419 e. The van der Waals surface area contributed by atoms with Crippen LogP contribution in [0.25, 0.3) is 17.0 Å². The van der Waals surface area contributed by atoms with Gasteiger partial charge in [0.25, 0.3) is 0 Å². The lowest BCUT2D eigenvalue weighted by atomic mass is 9.80. The number of hydrogen-bond donors (Lipinski definition) is 0. The summed E-state index contributed by atoms with van der Waals surface area (Å²) in [7, 11) is 0. The third kappa shape index (κ3) is 3.39. The molecule has 1 heterocycles. The summed E-state index contributed by atoms with van der Waals surface area (Å²) < 4.78 is 7.39. The van der Waals surface area contributed by atoms with Crippen LogP contribution in [0.3, 0.4) is 0 Å². The first kappa shape index (κ1) is 19.2. The largest absolute Gasteiger partial charge is 0.443 e. The quantitative estimate of drug-likeness (QED) is 0.534. The molecule has 4 heteroatoms.